The zero-order valence-electron chi connectivity index (χ0n) is 10.9. The van der Waals surface area contributed by atoms with E-state index in [0.29, 0.717) is 6.42 Å². The monoisotopic (exact) mass is 252 g/mol. The van der Waals surface area contributed by atoms with Crippen molar-refractivity contribution in [2.45, 2.75) is 26.2 Å². The van der Waals surface area contributed by atoms with Crippen LogP contribution in [0.2, 0.25) is 0 Å². The molecule has 0 spiro atoms. The van der Waals surface area contributed by atoms with Crippen LogP contribution in [-0.4, -0.2) is 11.1 Å². The minimum absolute atomic E-state index is 0.202. The molecular formula is C17H16O2. The van der Waals surface area contributed by atoms with Gasteiger partial charge in [-0.1, -0.05) is 36.4 Å². The number of carbonyl (C=O) groups is 1. The van der Waals surface area contributed by atoms with E-state index in [1.54, 1.807) is 0 Å². The molecule has 0 aromatic heterocycles. The van der Waals surface area contributed by atoms with Crippen molar-refractivity contribution in [1.29, 1.82) is 0 Å². The molecule has 0 radical (unpaired) electrons. The third-order valence-electron chi connectivity index (χ3n) is 3.93. The molecular weight excluding hydrogens is 236 g/mol. The molecule has 0 atom stereocenters. The normalized spacial score (nSPS) is 12.1. The van der Waals surface area contributed by atoms with Gasteiger partial charge >= 0.3 is 5.97 Å². The van der Waals surface area contributed by atoms with Crippen molar-refractivity contribution in [2.24, 2.45) is 0 Å². The van der Waals surface area contributed by atoms with Crippen molar-refractivity contribution >= 4 is 5.97 Å². The molecule has 1 aliphatic carbocycles. The van der Waals surface area contributed by atoms with Crippen LogP contribution in [0.25, 0.3) is 11.1 Å². The van der Waals surface area contributed by atoms with E-state index in [4.69, 9.17) is 5.11 Å². The number of hydrogen-bond acceptors (Lipinski definition) is 1. The van der Waals surface area contributed by atoms with Gasteiger partial charge in [0.2, 0.25) is 0 Å². The van der Waals surface area contributed by atoms with E-state index < -0.39 is 5.97 Å². The maximum absolute atomic E-state index is 10.8. The SMILES string of the molecule is Cc1ccc2c(c1CCC(=O)O)Cc1ccccc1-2. The standard InChI is InChI=1S/C17H16O2/c1-11-6-7-15-14-5-3-2-4-12(14)10-16(15)13(11)8-9-17(18)19/h2-7H,8-10H2,1H3,(H,18,19). The highest BCUT2D eigenvalue weighted by Crippen LogP contribution is 2.39. The van der Waals surface area contributed by atoms with Crippen LogP contribution < -0.4 is 0 Å². The molecule has 2 aromatic carbocycles. The summed E-state index contributed by atoms with van der Waals surface area (Å²) in [5.74, 6) is -0.729. The van der Waals surface area contributed by atoms with Crippen molar-refractivity contribution in [3.63, 3.8) is 0 Å². The first kappa shape index (κ1) is 12.0. The molecule has 1 N–H and O–H groups in total. The van der Waals surface area contributed by atoms with Crippen LogP contribution >= 0.6 is 0 Å². The van der Waals surface area contributed by atoms with Gasteiger partial charge in [-0.05, 0) is 53.1 Å². The van der Waals surface area contributed by atoms with Crippen LogP contribution in [0, 0.1) is 6.92 Å². The lowest BCUT2D eigenvalue weighted by Crippen LogP contribution is -2.02. The van der Waals surface area contributed by atoms with Crippen molar-refractivity contribution in [3.05, 3.63) is 58.7 Å². The Bertz CT molecular complexity index is 656. The molecule has 2 nitrogen and oxygen atoms in total. The zero-order chi connectivity index (χ0) is 13.4. The number of hydrogen-bond donors (Lipinski definition) is 1. The second kappa shape index (κ2) is 4.54. The first-order valence-corrected chi connectivity index (χ1v) is 6.58. The number of carboxylic acids is 1. The predicted molar refractivity (Wildman–Crippen MR) is 75.4 cm³/mol. The van der Waals surface area contributed by atoms with E-state index in [1.807, 2.05) is 0 Å². The maximum Gasteiger partial charge on any atom is 0.303 e. The molecule has 0 bridgehead atoms. The summed E-state index contributed by atoms with van der Waals surface area (Å²) in [5.41, 5.74) is 7.67. The van der Waals surface area contributed by atoms with Gasteiger partial charge in [0.1, 0.15) is 0 Å². The molecule has 0 aliphatic heterocycles. The Hall–Kier alpha value is -2.09. The lowest BCUT2D eigenvalue weighted by Gasteiger charge is -2.11. The number of aryl methyl sites for hydroxylation is 1. The Morgan fingerprint density at radius 3 is 2.74 bits per heavy atom. The fourth-order valence-electron chi connectivity index (χ4n) is 2.97. The summed E-state index contributed by atoms with van der Waals surface area (Å²) in [6.45, 7) is 2.07. The number of rotatable bonds is 3. The summed E-state index contributed by atoms with van der Waals surface area (Å²) >= 11 is 0. The highest BCUT2D eigenvalue weighted by atomic mass is 16.4. The average Bonchev–Trinajstić information content (AvgIpc) is 2.75. The first-order valence-electron chi connectivity index (χ1n) is 6.58. The van der Waals surface area contributed by atoms with Crippen LogP contribution in [0.15, 0.2) is 36.4 Å². The molecule has 0 amide bonds. The number of aliphatic carboxylic acids is 1. The number of carboxylic acid groups (broad SMARTS) is 1. The Morgan fingerprint density at radius 1 is 1.16 bits per heavy atom. The van der Waals surface area contributed by atoms with Gasteiger partial charge in [0, 0.05) is 6.42 Å². The molecule has 2 aromatic rings. The largest absolute Gasteiger partial charge is 0.481 e. The second-order valence-corrected chi connectivity index (χ2v) is 5.11. The van der Waals surface area contributed by atoms with E-state index in [2.05, 4.69) is 43.3 Å². The van der Waals surface area contributed by atoms with Gasteiger partial charge in [0.15, 0.2) is 0 Å². The maximum atomic E-state index is 10.8. The van der Waals surface area contributed by atoms with Crippen LogP contribution in [0.3, 0.4) is 0 Å². The summed E-state index contributed by atoms with van der Waals surface area (Å²) in [5, 5.41) is 8.89. The zero-order valence-corrected chi connectivity index (χ0v) is 10.9. The van der Waals surface area contributed by atoms with Crippen molar-refractivity contribution in [1.82, 2.24) is 0 Å². The van der Waals surface area contributed by atoms with Crippen molar-refractivity contribution in [3.8, 4) is 11.1 Å². The van der Waals surface area contributed by atoms with Gasteiger partial charge in [-0.2, -0.15) is 0 Å². The molecule has 96 valence electrons. The molecule has 0 unspecified atom stereocenters. The van der Waals surface area contributed by atoms with Crippen LogP contribution in [0.5, 0.6) is 0 Å². The summed E-state index contributed by atoms with van der Waals surface area (Å²) in [6.07, 6.45) is 1.76. The highest BCUT2D eigenvalue weighted by Gasteiger charge is 2.21. The molecule has 2 heteroatoms. The molecule has 19 heavy (non-hydrogen) atoms. The van der Waals surface area contributed by atoms with Crippen LogP contribution in [0.1, 0.15) is 28.7 Å². The van der Waals surface area contributed by atoms with Gasteiger partial charge in [0.05, 0.1) is 0 Å². The Balaban J connectivity index is 2.07. The Morgan fingerprint density at radius 2 is 1.95 bits per heavy atom. The Kier molecular flexibility index (Phi) is 2.86. The summed E-state index contributed by atoms with van der Waals surface area (Å²) in [4.78, 5) is 10.8. The van der Waals surface area contributed by atoms with Gasteiger partial charge in [0.25, 0.3) is 0 Å². The predicted octanol–water partition coefficient (Wildman–Crippen LogP) is 3.58. The average molecular weight is 252 g/mol. The Labute approximate surface area is 112 Å². The van der Waals surface area contributed by atoms with Gasteiger partial charge in [-0.25, -0.2) is 0 Å². The van der Waals surface area contributed by atoms with E-state index >= 15 is 0 Å². The second-order valence-electron chi connectivity index (χ2n) is 5.11. The molecule has 3 rings (SSSR count). The summed E-state index contributed by atoms with van der Waals surface area (Å²) in [7, 11) is 0. The minimum Gasteiger partial charge on any atom is -0.481 e. The van der Waals surface area contributed by atoms with Gasteiger partial charge in [-0.15, -0.1) is 0 Å². The van der Waals surface area contributed by atoms with Gasteiger partial charge in [-0.3, -0.25) is 4.79 Å². The van der Waals surface area contributed by atoms with Crippen molar-refractivity contribution in [2.75, 3.05) is 0 Å². The lowest BCUT2D eigenvalue weighted by molar-refractivity contribution is -0.136. The number of fused-ring (bicyclic) bond motifs is 3. The van der Waals surface area contributed by atoms with E-state index in [1.165, 1.54) is 33.4 Å². The van der Waals surface area contributed by atoms with E-state index in [0.717, 1.165) is 6.42 Å². The van der Waals surface area contributed by atoms with Gasteiger partial charge < -0.3 is 5.11 Å². The third-order valence-corrected chi connectivity index (χ3v) is 3.93. The summed E-state index contributed by atoms with van der Waals surface area (Å²) < 4.78 is 0. The summed E-state index contributed by atoms with van der Waals surface area (Å²) in [6, 6.07) is 12.7. The molecule has 0 fully saturated rings. The smallest absolute Gasteiger partial charge is 0.303 e. The molecule has 0 saturated carbocycles. The molecule has 0 heterocycles. The lowest BCUT2D eigenvalue weighted by atomic mass is 9.94. The fourth-order valence-corrected chi connectivity index (χ4v) is 2.97. The number of benzene rings is 2. The first-order chi connectivity index (χ1) is 9.16. The topological polar surface area (TPSA) is 37.3 Å². The highest BCUT2D eigenvalue weighted by molar-refractivity contribution is 5.78. The van der Waals surface area contributed by atoms with Crippen LogP contribution in [-0.2, 0) is 17.6 Å². The third kappa shape index (κ3) is 2.03. The van der Waals surface area contributed by atoms with E-state index in [9.17, 15) is 4.79 Å². The van der Waals surface area contributed by atoms with Crippen molar-refractivity contribution < 1.29 is 9.90 Å². The van der Waals surface area contributed by atoms with Crippen LogP contribution in [0.4, 0.5) is 0 Å². The molecule has 0 saturated heterocycles. The molecule has 1 aliphatic rings. The van der Waals surface area contributed by atoms with E-state index in [-0.39, 0.29) is 6.42 Å². The minimum atomic E-state index is -0.729. The quantitative estimate of drug-likeness (QED) is 0.773. The fraction of sp³-hybridized carbons (Fsp3) is 0.235.